The normalized spacial score (nSPS) is 41.0. The summed E-state index contributed by atoms with van der Waals surface area (Å²) in [6.07, 6.45) is 4.82. The van der Waals surface area contributed by atoms with E-state index in [1.165, 1.54) is 30.4 Å². The summed E-state index contributed by atoms with van der Waals surface area (Å²) in [5, 5.41) is 11.1. The number of benzene rings is 1. The zero-order chi connectivity index (χ0) is 20.5. The Morgan fingerprint density at radius 3 is 2.54 bits per heavy atom. The first-order valence-corrected chi connectivity index (χ1v) is 11.1. The quantitative estimate of drug-likeness (QED) is 0.812. The van der Waals surface area contributed by atoms with Crippen molar-refractivity contribution in [3.05, 3.63) is 29.3 Å². The lowest BCUT2D eigenvalue weighted by atomic mass is 9.36. The zero-order valence-corrected chi connectivity index (χ0v) is 18.9. The van der Waals surface area contributed by atoms with Crippen LogP contribution in [0.25, 0.3) is 0 Å². The topological polar surface area (TPSA) is 32.7 Å². The third-order valence-electron chi connectivity index (χ3n) is 9.28. The lowest BCUT2D eigenvalue weighted by Gasteiger charge is -2.71. The zero-order valence-electron chi connectivity index (χ0n) is 18.9. The number of piperidine rings is 1. The van der Waals surface area contributed by atoms with Crippen LogP contribution in [0, 0.1) is 30.1 Å². The molecule has 2 unspecified atom stereocenters. The largest absolute Gasteiger partial charge is 0.497 e. The molecular formula is C25H39NO2. The van der Waals surface area contributed by atoms with Gasteiger partial charge in [0.05, 0.1) is 12.7 Å². The Morgan fingerprint density at radius 2 is 1.89 bits per heavy atom. The smallest absolute Gasteiger partial charge is 0.119 e. The molecule has 3 saturated carbocycles. The van der Waals surface area contributed by atoms with E-state index in [2.05, 4.69) is 50.9 Å². The fourth-order valence-corrected chi connectivity index (χ4v) is 7.69. The molecule has 3 nitrogen and oxygen atoms in total. The Kier molecular flexibility index (Phi) is 4.67. The van der Waals surface area contributed by atoms with E-state index in [1.807, 2.05) is 13.8 Å². The molecule has 1 saturated heterocycles. The van der Waals surface area contributed by atoms with Crippen LogP contribution in [0.15, 0.2) is 18.2 Å². The van der Waals surface area contributed by atoms with Crippen molar-refractivity contribution in [2.24, 2.45) is 23.2 Å². The second-order valence-corrected chi connectivity index (χ2v) is 10.8. The Bertz CT molecular complexity index is 753. The number of rotatable bonds is 3. The minimum absolute atomic E-state index is 0.191. The number of fused-ring (bicyclic) bond motifs is 2. The lowest BCUT2D eigenvalue weighted by molar-refractivity contribution is -0.199. The highest BCUT2D eigenvalue weighted by molar-refractivity contribution is 5.44. The molecule has 1 N–H and O–H groups in total. The highest BCUT2D eigenvalue weighted by atomic mass is 16.5. The summed E-state index contributed by atoms with van der Waals surface area (Å²) in [4.78, 5) is 2.58. The summed E-state index contributed by atoms with van der Waals surface area (Å²) in [6.45, 7) is 12.4. The summed E-state index contributed by atoms with van der Waals surface area (Å²) in [6, 6.07) is 7.20. The average molecular weight is 386 g/mol. The fraction of sp³-hybridized carbons (Fsp3) is 0.760. The van der Waals surface area contributed by atoms with Crippen molar-refractivity contribution in [3.8, 4) is 5.75 Å². The third-order valence-corrected chi connectivity index (χ3v) is 9.28. The summed E-state index contributed by atoms with van der Waals surface area (Å²) in [5.74, 6) is 2.61. The molecule has 28 heavy (non-hydrogen) atoms. The number of hydrogen-bond acceptors (Lipinski definition) is 3. The maximum Gasteiger partial charge on any atom is 0.119 e. The summed E-state index contributed by atoms with van der Waals surface area (Å²) in [5.41, 5.74) is 2.69. The van der Waals surface area contributed by atoms with E-state index in [1.54, 1.807) is 7.11 Å². The monoisotopic (exact) mass is 385 g/mol. The van der Waals surface area contributed by atoms with E-state index in [-0.39, 0.29) is 10.8 Å². The van der Waals surface area contributed by atoms with Crippen LogP contribution in [0.4, 0.5) is 0 Å². The van der Waals surface area contributed by atoms with Gasteiger partial charge in [-0.2, -0.15) is 0 Å². The van der Waals surface area contributed by atoms with Crippen LogP contribution in [0.2, 0.25) is 0 Å². The molecular weight excluding hydrogens is 346 g/mol. The van der Waals surface area contributed by atoms with Gasteiger partial charge in [0.2, 0.25) is 0 Å². The predicted octanol–water partition coefficient (Wildman–Crippen LogP) is 4.79. The van der Waals surface area contributed by atoms with Gasteiger partial charge in [-0.3, -0.25) is 0 Å². The minimum atomic E-state index is -0.613. The number of aliphatic hydroxyl groups is 1. The van der Waals surface area contributed by atoms with Gasteiger partial charge in [0, 0.05) is 11.5 Å². The summed E-state index contributed by atoms with van der Waals surface area (Å²) < 4.78 is 5.65. The van der Waals surface area contributed by atoms with Crippen LogP contribution in [-0.4, -0.2) is 42.4 Å². The van der Waals surface area contributed by atoms with E-state index in [4.69, 9.17) is 4.74 Å². The number of likely N-dealkylation sites (tertiary alicyclic amines) is 1. The van der Waals surface area contributed by atoms with Gasteiger partial charge < -0.3 is 14.7 Å². The molecule has 1 aromatic rings. The number of nitrogens with zero attached hydrogens (tertiary/aromatic N) is 1. The molecule has 1 spiro atoms. The standard InChI is InChI=1S/C25H39NO2/c1-16-8-9-19(28-7)12-21(16)24-10-11-26(6)18(3)25(24)13-17(2)20(14-24)22(15-25)23(4,5)27/h8-9,12,17-18,20,22,27H,10-11,13-15H2,1-7H3/t17?,18?,20-,22-,24-,25+/m1/s1. The van der Waals surface area contributed by atoms with E-state index in [0.717, 1.165) is 18.7 Å². The molecule has 0 radical (unpaired) electrons. The van der Waals surface area contributed by atoms with Gasteiger partial charge in [0.1, 0.15) is 5.75 Å². The first-order chi connectivity index (χ1) is 13.1. The first kappa shape index (κ1) is 20.2. The molecule has 4 aliphatic rings. The molecule has 4 fully saturated rings. The third kappa shape index (κ3) is 2.61. The molecule has 5 rings (SSSR count). The molecule has 1 heterocycles. The fourth-order valence-electron chi connectivity index (χ4n) is 7.69. The van der Waals surface area contributed by atoms with Crippen molar-refractivity contribution >= 4 is 0 Å². The number of aryl methyl sites for hydroxylation is 1. The predicted molar refractivity (Wildman–Crippen MR) is 115 cm³/mol. The molecule has 0 aromatic heterocycles. The molecule has 1 aliphatic heterocycles. The molecule has 1 aromatic carbocycles. The Balaban J connectivity index is 1.92. The molecule has 0 amide bonds. The van der Waals surface area contributed by atoms with Crippen LogP contribution in [-0.2, 0) is 5.41 Å². The van der Waals surface area contributed by atoms with Gasteiger partial charge in [-0.25, -0.2) is 0 Å². The first-order valence-electron chi connectivity index (χ1n) is 11.1. The van der Waals surface area contributed by atoms with Gasteiger partial charge in [-0.15, -0.1) is 0 Å². The number of ether oxygens (including phenoxy) is 1. The maximum atomic E-state index is 11.1. The second-order valence-electron chi connectivity index (χ2n) is 10.8. The molecule has 3 heteroatoms. The van der Waals surface area contributed by atoms with Gasteiger partial charge in [-0.1, -0.05) is 13.0 Å². The van der Waals surface area contributed by atoms with Crippen LogP contribution in [0.3, 0.4) is 0 Å². The van der Waals surface area contributed by atoms with Crippen molar-refractivity contribution in [2.75, 3.05) is 20.7 Å². The van der Waals surface area contributed by atoms with Crippen molar-refractivity contribution in [3.63, 3.8) is 0 Å². The van der Waals surface area contributed by atoms with Gasteiger partial charge in [-0.05, 0) is 113 Å². The molecule has 2 bridgehead atoms. The number of hydrogen-bond donors (Lipinski definition) is 1. The van der Waals surface area contributed by atoms with Gasteiger partial charge in [0.25, 0.3) is 0 Å². The minimum Gasteiger partial charge on any atom is -0.497 e. The second kappa shape index (κ2) is 6.47. The lowest BCUT2D eigenvalue weighted by Crippen LogP contribution is -2.71. The van der Waals surface area contributed by atoms with E-state index < -0.39 is 5.60 Å². The van der Waals surface area contributed by atoms with Gasteiger partial charge >= 0.3 is 0 Å². The van der Waals surface area contributed by atoms with Crippen LogP contribution in [0.1, 0.15) is 64.5 Å². The Labute approximate surface area is 171 Å². The highest BCUT2D eigenvalue weighted by Gasteiger charge is 2.68. The highest BCUT2D eigenvalue weighted by Crippen LogP contribution is 2.71. The number of methoxy groups -OCH3 is 1. The van der Waals surface area contributed by atoms with Crippen molar-refractivity contribution in [1.29, 1.82) is 0 Å². The molecule has 6 atom stereocenters. The van der Waals surface area contributed by atoms with Crippen LogP contribution >= 0.6 is 0 Å². The van der Waals surface area contributed by atoms with E-state index >= 15 is 0 Å². The molecule has 3 aliphatic carbocycles. The van der Waals surface area contributed by atoms with E-state index in [0.29, 0.717) is 23.8 Å². The van der Waals surface area contributed by atoms with Crippen molar-refractivity contribution in [1.82, 2.24) is 4.90 Å². The maximum absolute atomic E-state index is 11.1. The van der Waals surface area contributed by atoms with Crippen molar-refractivity contribution < 1.29 is 9.84 Å². The van der Waals surface area contributed by atoms with Crippen LogP contribution < -0.4 is 4.74 Å². The molecule has 156 valence electrons. The summed E-state index contributed by atoms with van der Waals surface area (Å²) in [7, 11) is 4.07. The Hall–Kier alpha value is -1.06. The van der Waals surface area contributed by atoms with E-state index in [9.17, 15) is 5.11 Å². The average Bonchev–Trinajstić information content (AvgIpc) is 2.64. The Morgan fingerprint density at radius 1 is 1.18 bits per heavy atom. The van der Waals surface area contributed by atoms with Crippen molar-refractivity contribution in [2.45, 2.75) is 77.4 Å². The summed E-state index contributed by atoms with van der Waals surface area (Å²) >= 11 is 0. The van der Waals surface area contributed by atoms with Gasteiger partial charge in [0.15, 0.2) is 0 Å². The SMILES string of the molecule is COc1ccc(C)c([C@]23CCN(C)C(C)[C@@]24CC(C)[C@@H](C3)[C@H](C(C)(C)O)C4)c1. The van der Waals surface area contributed by atoms with Crippen LogP contribution in [0.5, 0.6) is 5.75 Å².